The first kappa shape index (κ1) is 18.9. The predicted octanol–water partition coefficient (Wildman–Crippen LogP) is 2.82. The van der Waals surface area contributed by atoms with Crippen LogP contribution in [0.4, 0.5) is 0 Å². The zero-order valence-corrected chi connectivity index (χ0v) is 16.5. The molecule has 1 aromatic heterocycles. The molecule has 1 aromatic carbocycles. The number of methoxy groups -OCH3 is 1. The first-order valence-electron chi connectivity index (χ1n) is 10.2. The number of ether oxygens (including phenoxy) is 1. The Morgan fingerprint density at radius 1 is 1.29 bits per heavy atom. The van der Waals surface area contributed by atoms with Gasteiger partial charge in [-0.15, -0.1) is 0 Å². The Morgan fingerprint density at radius 3 is 2.89 bits per heavy atom. The van der Waals surface area contributed by atoms with Gasteiger partial charge in [-0.25, -0.2) is 9.97 Å². The lowest BCUT2D eigenvalue weighted by atomic mass is 10.0. The molecule has 148 valence electrons. The molecule has 0 spiro atoms. The van der Waals surface area contributed by atoms with Gasteiger partial charge < -0.3 is 15.0 Å². The number of fused-ring (bicyclic) bond motifs is 1. The maximum atomic E-state index is 12.7. The molecule has 0 bridgehead atoms. The second-order valence-electron chi connectivity index (χ2n) is 7.62. The van der Waals surface area contributed by atoms with Crippen LogP contribution in [-0.2, 0) is 24.2 Å². The number of benzene rings is 1. The maximum absolute atomic E-state index is 12.7. The summed E-state index contributed by atoms with van der Waals surface area (Å²) < 4.78 is 5.18. The van der Waals surface area contributed by atoms with Gasteiger partial charge in [0.1, 0.15) is 11.6 Å². The van der Waals surface area contributed by atoms with Crippen LogP contribution in [-0.4, -0.2) is 41.0 Å². The van der Waals surface area contributed by atoms with E-state index in [-0.39, 0.29) is 11.9 Å². The SMILES string of the molecule is COc1ccc(CCC(=O)N2CCc3nc([C@H]4CCCCN4)ncc3C2)cc1. The fourth-order valence-corrected chi connectivity index (χ4v) is 3.99. The monoisotopic (exact) mass is 380 g/mol. The third-order valence-corrected chi connectivity index (χ3v) is 5.71. The van der Waals surface area contributed by atoms with Crippen molar-refractivity contribution < 1.29 is 9.53 Å². The summed E-state index contributed by atoms with van der Waals surface area (Å²) in [5.41, 5.74) is 3.35. The highest BCUT2D eigenvalue weighted by Gasteiger charge is 2.24. The van der Waals surface area contributed by atoms with Crippen LogP contribution >= 0.6 is 0 Å². The number of hydrogen-bond acceptors (Lipinski definition) is 5. The lowest BCUT2D eigenvalue weighted by Gasteiger charge is -2.29. The van der Waals surface area contributed by atoms with E-state index < -0.39 is 0 Å². The number of aryl methyl sites for hydroxylation is 1. The Balaban J connectivity index is 1.34. The molecule has 1 fully saturated rings. The second kappa shape index (κ2) is 8.69. The zero-order valence-electron chi connectivity index (χ0n) is 16.5. The minimum atomic E-state index is 0.194. The normalized spacial score (nSPS) is 19.2. The van der Waals surface area contributed by atoms with Gasteiger partial charge in [0.25, 0.3) is 0 Å². The third kappa shape index (κ3) is 4.33. The van der Waals surface area contributed by atoms with Crippen molar-refractivity contribution in [1.29, 1.82) is 0 Å². The molecule has 2 aliphatic rings. The van der Waals surface area contributed by atoms with Crippen LogP contribution in [0.2, 0.25) is 0 Å². The van der Waals surface area contributed by atoms with Crippen LogP contribution in [0.3, 0.4) is 0 Å². The summed E-state index contributed by atoms with van der Waals surface area (Å²) in [6.45, 7) is 2.40. The van der Waals surface area contributed by atoms with Crippen LogP contribution in [0.5, 0.6) is 5.75 Å². The molecule has 6 nitrogen and oxygen atoms in total. The van der Waals surface area contributed by atoms with Crippen LogP contribution in [0.1, 0.15) is 54.4 Å². The Kier molecular flexibility index (Phi) is 5.86. The van der Waals surface area contributed by atoms with E-state index in [0.717, 1.165) is 60.7 Å². The number of carbonyl (C=O) groups excluding carboxylic acids is 1. The van der Waals surface area contributed by atoms with Gasteiger partial charge in [-0.1, -0.05) is 18.6 Å². The molecule has 1 N–H and O–H groups in total. The number of rotatable bonds is 5. The van der Waals surface area contributed by atoms with E-state index in [1.165, 1.54) is 12.8 Å². The molecule has 4 rings (SSSR count). The van der Waals surface area contributed by atoms with Crippen molar-refractivity contribution in [3.63, 3.8) is 0 Å². The molecule has 0 saturated carbocycles. The average molecular weight is 380 g/mol. The minimum absolute atomic E-state index is 0.194. The first-order chi connectivity index (χ1) is 13.7. The molecule has 0 aliphatic carbocycles. The molecule has 1 saturated heterocycles. The summed E-state index contributed by atoms with van der Waals surface area (Å²) in [4.78, 5) is 24.0. The van der Waals surface area contributed by atoms with Gasteiger partial charge in [0.05, 0.1) is 18.8 Å². The standard InChI is InChI=1S/C22H28N4O2/c1-28-18-8-5-16(6-9-18)7-10-21(27)26-13-11-19-17(15-26)14-24-22(25-19)20-4-2-3-12-23-20/h5-6,8-9,14,20,23H,2-4,7,10-13,15H2,1H3/t20-/m1/s1. The predicted molar refractivity (Wildman–Crippen MR) is 107 cm³/mol. The quantitative estimate of drug-likeness (QED) is 0.864. The van der Waals surface area contributed by atoms with Crippen LogP contribution < -0.4 is 10.1 Å². The van der Waals surface area contributed by atoms with E-state index in [4.69, 9.17) is 9.72 Å². The average Bonchev–Trinajstić information content (AvgIpc) is 2.77. The van der Waals surface area contributed by atoms with Crippen molar-refractivity contribution >= 4 is 5.91 Å². The largest absolute Gasteiger partial charge is 0.497 e. The smallest absolute Gasteiger partial charge is 0.223 e. The number of piperidine rings is 1. The summed E-state index contributed by atoms with van der Waals surface area (Å²) in [7, 11) is 1.66. The van der Waals surface area contributed by atoms with E-state index in [2.05, 4.69) is 10.3 Å². The van der Waals surface area contributed by atoms with E-state index >= 15 is 0 Å². The summed E-state index contributed by atoms with van der Waals surface area (Å²) >= 11 is 0. The van der Waals surface area contributed by atoms with Crippen LogP contribution in [0, 0.1) is 0 Å². The first-order valence-corrected chi connectivity index (χ1v) is 10.2. The number of nitrogens with one attached hydrogen (secondary N) is 1. The number of carbonyl (C=O) groups is 1. The molecule has 2 aliphatic heterocycles. The van der Waals surface area contributed by atoms with Crippen molar-refractivity contribution in [2.45, 2.75) is 51.1 Å². The lowest BCUT2D eigenvalue weighted by molar-refractivity contribution is -0.132. The number of hydrogen-bond donors (Lipinski definition) is 1. The van der Waals surface area contributed by atoms with Gasteiger partial charge in [-0.05, 0) is 43.5 Å². The highest BCUT2D eigenvalue weighted by Crippen LogP contribution is 2.23. The molecule has 0 unspecified atom stereocenters. The fourth-order valence-electron chi connectivity index (χ4n) is 3.99. The number of aromatic nitrogens is 2. The highest BCUT2D eigenvalue weighted by atomic mass is 16.5. The molecule has 2 aromatic rings. The molecule has 1 amide bonds. The number of nitrogens with zero attached hydrogens (tertiary/aromatic N) is 3. The van der Waals surface area contributed by atoms with Crippen molar-refractivity contribution in [3.05, 3.63) is 53.1 Å². The van der Waals surface area contributed by atoms with E-state index in [1.807, 2.05) is 35.4 Å². The van der Waals surface area contributed by atoms with Crippen LogP contribution in [0.15, 0.2) is 30.5 Å². The van der Waals surface area contributed by atoms with Gasteiger partial charge in [0.2, 0.25) is 5.91 Å². The summed E-state index contributed by atoms with van der Waals surface area (Å²) in [6, 6.07) is 8.20. The van der Waals surface area contributed by atoms with E-state index in [9.17, 15) is 4.79 Å². The summed E-state index contributed by atoms with van der Waals surface area (Å²) in [5.74, 6) is 1.95. The van der Waals surface area contributed by atoms with E-state index in [0.29, 0.717) is 13.0 Å². The minimum Gasteiger partial charge on any atom is -0.497 e. The third-order valence-electron chi connectivity index (χ3n) is 5.71. The Labute approximate surface area is 166 Å². The van der Waals surface area contributed by atoms with Crippen molar-refractivity contribution in [2.75, 3.05) is 20.2 Å². The molecular weight excluding hydrogens is 352 g/mol. The molecular formula is C22H28N4O2. The van der Waals surface area contributed by atoms with Gasteiger partial charge in [0.15, 0.2) is 0 Å². The van der Waals surface area contributed by atoms with Crippen LogP contribution in [0.25, 0.3) is 0 Å². The summed E-state index contributed by atoms with van der Waals surface area (Å²) in [5, 5.41) is 3.51. The highest BCUT2D eigenvalue weighted by molar-refractivity contribution is 5.76. The van der Waals surface area contributed by atoms with Crippen molar-refractivity contribution in [1.82, 2.24) is 20.2 Å². The van der Waals surface area contributed by atoms with Crippen molar-refractivity contribution in [3.8, 4) is 5.75 Å². The molecule has 28 heavy (non-hydrogen) atoms. The maximum Gasteiger partial charge on any atom is 0.223 e. The van der Waals surface area contributed by atoms with Gasteiger partial charge in [0, 0.05) is 37.7 Å². The number of amides is 1. The molecule has 0 radical (unpaired) electrons. The lowest BCUT2D eigenvalue weighted by Crippen LogP contribution is -2.37. The summed E-state index contributed by atoms with van der Waals surface area (Å²) in [6.07, 6.45) is 7.57. The molecule has 1 atom stereocenters. The molecule has 3 heterocycles. The zero-order chi connectivity index (χ0) is 19.3. The molecule has 6 heteroatoms. The van der Waals surface area contributed by atoms with Gasteiger partial charge >= 0.3 is 0 Å². The Hall–Kier alpha value is -2.47. The Morgan fingerprint density at radius 2 is 2.14 bits per heavy atom. The second-order valence-corrected chi connectivity index (χ2v) is 7.62. The van der Waals surface area contributed by atoms with Gasteiger partial charge in [-0.2, -0.15) is 0 Å². The Bertz CT molecular complexity index is 816. The van der Waals surface area contributed by atoms with Crippen molar-refractivity contribution in [2.24, 2.45) is 0 Å². The van der Waals surface area contributed by atoms with E-state index in [1.54, 1.807) is 7.11 Å². The fraction of sp³-hybridized carbons (Fsp3) is 0.500. The van der Waals surface area contributed by atoms with Gasteiger partial charge in [-0.3, -0.25) is 4.79 Å². The topological polar surface area (TPSA) is 67.3 Å².